The number of Topliss-reactive ketones (excluding diaryl/α,β-unsaturated/α-hetero) is 1. The van der Waals surface area contributed by atoms with Crippen LogP contribution in [0.4, 0.5) is 0 Å². The van der Waals surface area contributed by atoms with Crippen molar-refractivity contribution in [2.45, 2.75) is 33.6 Å². The molecule has 5 heteroatoms. The number of aryl methyl sites for hydroxylation is 1. The van der Waals surface area contributed by atoms with Gasteiger partial charge >= 0.3 is 0 Å². The number of rotatable bonds is 6. The number of nitrogens with one attached hydrogen (secondary N) is 1. The standard InChI is InChI=1S/C19H21NO4/c1-4-6-15(21)12-9-10-13(18(22)20-5-2)16-11(3)7-8-14(17(12)16)19(23)24/h7-10H,4-6H2,1-3H3,(H,20,22)(H,23,24)/p-1. The molecule has 2 rings (SSSR count). The molecule has 0 heterocycles. The monoisotopic (exact) mass is 326 g/mol. The molecule has 0 saturated heterocycles. The highest BCUT2D eigenvalue weighted by Gasteiger charge is 2.19. The van der Waals surface area contributed by atoms with Crippen LogP contribution < -0.4 is 10.4 Å². The lowest BCUT2D eigenvalue weighted by Gasteiger charge is -2.17. The molecule has 0 unspecified atom stereocenters. The van der Waals surface area contributed by atoms with Crippen molar-refractivity contribution in [1.29, 1.82) is 0 Å². The van der Waals surface area contributed by atoms with Crippen LogP contribution in [0.2, 0.25) is 0 Å². The third-order valence-corrected chi connectivity index (χ3v) is 3.95. The summed E-state index contributed by atoms with van der Waals surface area (Å²) < 4.78 is 0. The van der Waals surface area contributed by atoms with Gasteiger partial charge in [-0.2, -0.15) is 0 Å². The van der Waals surface area contributed by atoms with E-state index in [1.54, 1.807) is 26.0 Å². The molecule has 2 aromatic carbocycles. The number of carbonyl (C=O) groups is 3. The van der Waals surface area contributed by atoms with Crippen molar-refractivity contribution in [3.05, 3.63) is 46.5 Å². The number of hydrogen-bond donors (Lipinski definition) is 1. The van der Waals surface area contributed by atoms with Gasteiger partial charge in [0, 0.05) is 35.0 Å². The van der Waals surface area contributed by atoms with Gasteiger partial charge in [0.05, 0.1) is 5.97 Å². The van der Waals surface area contributed by atoms with Crippen LogP contribution in [0.1, 0.15) is 63.3 Å². The summed E-state index contributed by atoms with van der Waals surface area (Å²) >= 11 is 0. The minimum Gasteiger partial charge on any atom is -0.545 e. The zero-order valence-corrected chi connectivity index (χ0v) is 14.1. The van der Waals surface area contributed by atoms with Gasteiger partial charge in [-0.15, -0.1) is 0 Å². The molecular weight excluding hydrogens is 306 g/mol. The summed E-state index contributed by atoms with van der Waals surface area (Å²) in [5, 5.41) is 15.0. The van der Waals surface area contributed by atoms with Gasteiger partial charge in [-0.1, -0.05) is 19.1 Å². The van der Waals surface area contributed by atoms with Crippen LogP contribution in [0.3, 0.4) is 0 Å². The minimum atomic E-state index is -1.36. The minimum absolute atomic E-state index is 0.0683. The Morgan fingerprint density at radius 2 is 1.58 bits per heavy atom. The van der Waals surface area contributed by atoms with Crippen molar-refractivity contribution in [1.82, 2.24) is 5.32 Å². The van der Waals surface area contributed by atoms with Crippen molar-refractivity contribution in [3.8, 4) is 0 Å². The van der Waals surface area contributed by atoms with Crippen LogP contribution >= 0.6 is 0 Å². The summed E-state index contributed by atoms with van der Waals surface area (Å²) in [6, 6.07) is 6.18. The maximum absolute atomic E-state index is 12.4. The van der Waals surface area contributed by atoms with Gasteiger partial charge in [0.25, 0.3) is 5.91 Å². The Hall–Kier alpha value is -2.69. The Morgan fingerprint density at radius 3 is 2.17 bits per heavy atom. The lowest BCUT2D eigenvalue weighted by molar-refractivity contribution is -0.254. The number of hydrogen-bond acceptors (Lipinski definition) is 4. The van der Waals surface area contributed by atoms with E-state index >= 15 is 0 Å². The average molecular weight is 326 g/mol. The average Bonchev–Trinajstić information content (AvgIpc) is 2.54. The topological polar surface area (TPSA) is 86.3 Å². The van der Waals surface area contributed by atoms with Crippen molar-refractivity contribution in [2.75, 3.05) is 6.54 Å². The molecule has 0 fully saturated rings. The maximum atomic E-state index is 12.4. The summed E-state index contributed by atoms with van der Waals surface area (Å²) in [7, 11) is 0. The van der Waals surface area contributed by atoms with Gasteiger partial charge in [0.15, 0.2) is 5.78 Å². The number of benzene rings is 2. The molecule has 0 atom stereocenters. The summed E-state index contributed by atoms with van der Waals surface area (Å²) in [5.74, 6) is -1.80. The fraction of sp³-hybridized carbons (Fsp3) is 0.316. The smallest absolute Gasteiger partial charge is 0.251 e. The third kappa shape index (κ3) is 3.15. The highest BCUT2D eigenvalue weighted by atomic mass is 16.4. The van der Waals surface area contributed by atoms with Crippen molar-refractivity contribution in [2.24, 2.45) is 0 Å². The van der Waals surface area contributed by atoms with Gasteiger partial charge in [0.2, 0.25) is 0 Å². The molecule has 0 radical (unpaired) electrons. The Labute approximate surface area is 140 Å². The van der Waals surface area contributed by atoms with E-state index < -0.39 is 5.97 Å². The van der Waals surface area contributed by atoms with Gasteiger partial charge in [-0.05, 0) is 43.4 Å². The lowest BCUT2D eigenvalue weighted by atomic mass is 9.89. The summed E-state index contributed by atoms with van der Waals surface area (Å²) in [6.07, 6.45) is 0.973. The first-order valence-corrected chi connectivity index (χ1v) is 8.01. The molecule has 2 aromatic rings. The second-order valence-corrected chi connectivity index (χ2v) is 5.66. The van der Waals surface area contributed by atoms with E-state index in [9.17, 15) is 19.5 Å². The van der Waals surface area contributed by atoms with E-state index in [-0.39, 0.29) is 22.6 Å². The molecule has 1 amide bonds. The number of amides is 1. The number of ketones is 1. The highest BCUT2D eigenvalue weighted by Crippen LogP contribution is 2.30. The van der Waals surface area contributed by atoms with Crippen LogP contribution in [0.25, 0.3) is 10.8 Å². The molecule has 24 heavy (non-hydrogen) atoms. The first-order valence-electron chi connectivity index (χ1n) is 8.01. The normalized spacial score (nSPS) is 10.6. The first kappa shape index (κ1) is 17.7. The zero-order chi connectivity index (χ0) is 17.9. The summed E-state index contributed by atoms with van der Waals surface area (Å²) in [6.45, 7) is 5.93. The molecule has 0 aliphatic heterocycles. The molecule has 1 N–H and O–H groups in total. The predicted octanol–water partition coefficient (Wildman–Crippen LogP) is 2.24. The number of carboxylic acid groups (broad SMARTS) is 1. The maximum Gasteiger partial charge on any atom is 0.251 e. The number of carboxylic acids is 1. The highest BCUT2D eigenvalue weighted by molar-refractivity contribution is 6.20. The number of fused-ring (bicyclic) bond motifs is 1. The molecule has 0 saturated carbocycles. The van der Waals surface area contributed by atoms with Crippen LogP contribution in [-0.2, 0) is 0 Å². The summed E-state index contributed by atoms with van der Waals surface area (Å²) in [5.41, 5.74) is 1.35. The van der Waals surface area contributed by atoms with Crippen LogP contribution in [0.15, 0.2) is 24.3 Å². The molecule has 126 valence electrons. The Morgan fingerprint density at radius 1 is 0.958 bits per heavy atom. The van der Waals surface area contributed by atoms with E-state index in [0.717, 1.165) is 5.56 Å². The second kappa shape index (κ2) is 7.25. The molecule has 0 bridgehead atoms. The molecule has 0 aromatic heterocycles. The largest absolute Gasteiger partial charge is 0.545 e. The number of carbonyl (C=O) groups excluding carboxylic acids is 3. The van der Waals surface area contributed by atoms with E-state index in [1.807, 2.05) is 6.92 Å². The third-order valence-electron chi connectivity index (χ3n) is 3.95. The van der Waals surface area contributed by atoms with Crippen LogP contribution in [-0.4, -0.2) is 24.2 Å². The van der Waals surface area contributed by atoms with Crippen LogP contribution in [0, 0.1) is 6.92 Å². The number of aromatic carboxylic acids is 1. The van der Waals surface area contributed by atoms with E-state index in [4.69, 9.17) is 0 Å². The Kier molecular flexibility index (Phi) is 5.34. The molecular formula is C19H20NO4-. The second-order valence-electron chi connectivity index (χ2n) is 5.66. The predicted molar refractivity (Wildman–Crippen MR) is 90.3 cm³/mol. The van der Waals surface area contributed by atoms with Gasteiger partial charge in [-0.25, -0.2) is 0 Å². The summed E-state index contributed by atoms with van der Waals surface area (Å²) in [4.78, 5) is 36.3. The van der Waals surface area contributed by atoms with Crippen LogP contribution in [0.5, 0.6) is 0 Å². The van der Waals surface area contributed by atoms with E-state index in [1.165, 1.54) is 12.1 Å². The van der Waals surface area contributed by atoms with Crippen molar-refractivity contribution in [3.63, 3.8) is 0 Å². The van der Waals surface area contributed by atoms with Crippen molar-refractivity contribution < 1.29 is 19.5 Å². The fourth-order valence-electron chi connectivity index (χ4n) is 2.88. The first-order chi connectivity index (χ1) is 11.4. The molecule has 0 aliphatic carbocycles. The SMILES string of the molecule is CCCC(=O)c1ccc(C(=O)NCC)c2c(C)ccc(C(=O)[O-])c12. The van der Waals surface area contributed by atoms with Gasteiger partial charge in [-0.3, -0.25) is 9.59 Å². The molecule has 5 nitrogen and oxygen atoms in total. The molecule has 0 spiro atoms. The van der Waals surface area contributed by atoms with Gasteiger partial charge in [0.1, 0.15) is 0 Å². The fourth-order valence-corrected chi connectivity index (χ4v) is 2.88. The van der Waals surface area contributed by atoms with E-state index in [0.29, 0.717) is 35.9 Å². The van der Waals surface area contributed by atoms with E-state index in [2.05, 4.69) is 5.32 Å². The Balaban J connectivity index is 2.89. The van der Waals surface area contributed by atoms with Gasteiger partial charge < -0.3 is 15.2 Å². The molecule has 0 aliphatic rings. The Bertz CT molecular complexity index is 824. The quantitative estimate of drug-likeness (QED) is 0.825. The van der Waals surface area contributed by atoms with Crippen molar-refractivity contribution >= 4 is 28.4 Å². The lowest BCUT2D eigenvalue weighted by Crippen LogP contribution is -2.25. The zero-order valence-electron chi connectivity index (χ0n) is 14.1.